The summed E-state index contributed by atoms with van der Waals surface area (Å²) in [6.45, 7) is 5.52. The van der Waals surface area contributed by atoms with Crippen molar-refractivity contribution in [3.05, 3.63) is 29.8 Å². The molecule has 0 saturated carbocycles. The number of hydrogen-bond donors (Lipinski definition) is 1. The minimum absolute atomic E-state index is 0.120. The first kappa shape index (κ1) is 11.5. The van der Waals surface area contributed by atoms with Gasteiger partial charge < -0.3 is 10.6 Å². The minimum Gasteiger partial charge on any atom is -0.368 e. The van der Waals surface area contributed by atoms with Crippen LogP contribution in [0.25, 0.3) is 0 Å². The lowest BCUT2D eigenvalue weighted by Crippen LogP contribution is -2.30. The van der Waals surface area contributed by atoms with Crippen LogP contribution < -0.4 is 10.6 Å². The third-order valence-electron chi connectivity index (χ3n) is 3.59. The fourth-order valence-electron chi connectivity index (χ4n) is 2.71. The Morgan fingerprint density at radius 2 is 2.19 bits per heavy atom. The molecule has 0 aromatic heterocycles. The van der Waals surface area contributed by atoms with Crippen LogP contribution in [0.4, 0.5) is 5.69 Å². The molecule has 0 amide bonds. The van der Waals surface area contributed by atoms with E-state index in [0.717, 1.165) is 0 Å². The monoisotopic (exact) mass is 218 g/mol. The van der Waals surface area contributed by atoms with Gasteiger partial charge in [-0.2, -0.15) is 0 Å². The molecule has 1 aromatic carbocycles. The number of hydrogen-bond acceptors (Lipinski definition) is 2. The summed E-state index contributed by atoms with van der Waals surface area (Å²) in [5, 5.41) is 0. The molecule has 0 spiro atoms. The SMILES string of the molecule is CCC1CCCN1c1ccccc1[C@@H](C)N. The van der Waals surface area contributed by atoms with Crippen LogP contribution in [0.2, 0.25) is 0 Å². The lowest BCUT2D eigenvalue weighted by molar-refractivity contribution is 0.641. The summed E-state index contributed by atoms with van der Waals surface area (Å²) >= 11 is 0. The molecule has 1 fully saturated rings. The van der Waals surface area contributed by atoms with Crippen LogP contribution in [0.15, 0.2) is 24.3 Å². The summed E-state index contributed by atoms with van der Waals surface area (Å²) < 4.78 is 0. The second kappa shape index (κ2) is 4.88. The van der Waals surface area contributed by atoms with E-state index in [1.165, 1.54) is 37.1 Å². The molecule has 2 rings (SSSR count). The fraction of sp³-hybridized carbons (Fsp3) is 0.571. The van der Waals surface area contributed by atoms with Gasteiger partial charge in [0.1, 0.15) is 0 Å². The zero-order chi connectivity index (χ0) is 11.5. The Bertz CT molecular complexity index is 346. The second-order valence-corrected chi connectivity index (χ2v) is 4.75. The van der Waals surface area contributed by atoms with Gasteiger partial charge in [-0.1, -0.05) is 25.1 Å². The Kier molecular flexibility index (Phi) is 3.49. The second-order valence-electron chi connectivity index (χ2n) is 4.75. The minimum atomic E-state index is 0.120. The van der Waals surface area contributed by atoms with E-state index >= 15 is 0 Å². The molecular formula is C14H22N2. The highest BCUT2D eigenvalue weighted by Gasteiger charge is 2.25. The van der Waals surface area contributed by atoms with Gasteiger partial charge in [-0.25, -0.2) is 0 Å². The zero-order valence-corrected chi connectivity index (χ0v) is 10.3. The highest BCUT2D eigenvalue weighted by Crippen LogP contribution is 2.32. The van der Waals surface area contributed by atoms with Crippen LogP contribution >= 0.6 is 0 Å². The van der Waals surface area contributed by atoms with Gasteiger partial charge in [-0.3, -0.25) is 0 Å². The lowest BCUT2D eigenvalue weighted by atomic mass is 10.0. The number of rotatable bonds is 3. The predicted molar refractivity (Wildman–Crippen MR) is 69.7 cm³/mol. The van der Waals surface area contributed by atoms with E-state index in [1.807, 2.05) is 0 Å². The quantitative estimate of drug-likeness (QED) is 0.844. The van der Waals surface area contributed by atoms with Crippen LogP contribution in [0.3, 0.4) is 0 Å². The summed E-state index contributed by atoms with van der Waals surface area (Å²) in [6.07, 6.45) is 3.86. The van der Waals surface area contributed by atoms with Gasteiger partial charge in [0.25, 0.3) is 0 Å². The molecule has 0 aliphatic carbocycles. The molecule has 1 heterocycles. The Hall–Kier alpha value is -1.02. The molecule has 2 atom stereocenters. The molecule has 2 nitrogen and oxygen atoms in total. The summed E-state index contributed by atoms with van der Waals surface area (Å²) in [7, 11) is 0. The summed E-state index contributed by atoms with van der Waals surface area (Å²) in [5.41, 5.74) is 8.67. The van der Waals surface area contributed by atoms with Crippen molar-refractivity contribution in [3.63, 3.8) is 0 Å². The average Bonchev–Trinajstić information content (AvgIpc) is 2.76. The van der Waals surface area contributed by atoms with Crippen LogP contribution in [-0.4, -0.2) is 12.6 Å². The average molecular weight is 218 g/mol. The first-order valence-electron chi connectivity index (χ1n) is 6.35. The molecule has 1 unspecified atom stereocenters. The molecule has 0 radical (unpaired) electrons. The third-order valence-corrected chi connectivity index (χ3v) is 3.59. The number of nitrogens with zero attached hydrogens (tertiary/aromatic N) is 1. The maximum atomic E-state index is 6.04. The van der Waals surface area contributed by atoms with Gasteiger partial charge in [-0.15, -0.1) is 0 Å². The standard InChI is InChI=1S/C14H22N2/c1-3-12-7-6-10-16(12)14-9-5-4-8-13(14)11(2)15/h4-5,8-9,11-12H,3,6-7,10,15H2,1-2H3/t11-,12?/m1/s1. The third kappa shape index (κ3) is 2.07. The van der Waals surface area contributed by atoms with Gasteiger partial charge in [0.2, 0.25) is 0 Å². The van der Waals surface area contributed by atoms with Crippen LogP contribution in [0, 0.1) is 0 Å². The molecule has 16 heavy (non-hydrogen) atoms. The normalized spacial score (nSPS) is 22.4. The molecule has 1 aromatic rings. The molecule has 2 N–H and O–H groups in total. The Morgan fingerprint density at radius 3 is 2.88 bits per heavy atom. The van der Waals surface area contributed by atoms with Crippen molar-refractivity contribution in [2.45, 2.75) is 45.2 Å². The van der Waals surface area contributed by atoms with Crippen LogP contribution in [0.1, 0.15) is 44.7 Å². The van der Waals surface area contributed by atoms with E-state index in [9.17, 15) is 0 Å². The van der Waals surface area contributed by atoms with Crippen molar-refractivity contribution >= 4 is 5.69 Å². The van der Waals surface area contributed by atoms with E-state index < -0.39 is 0 Å². The van der Waals surface area contributed by atoms with E-state index in [2.05, 4.69) is 43.0 Å². The van der Waals surface area contributed by atoms with Crippen molar-refractivity contribution in [3.8, 4) is 0 Å². The summed E-state index contributed by atoms with van der Waals surface area (Å²) in [5.74, 6) is 0. The number of para-hydroxylation sites is 1. The molecule has 1 aliphatic rings. The fourth-order valence-corrected chi connectivity index (χ4v) is 2.71. The van der Waals surface area contributed by atoms with Crippen LogP contribution in [0.5, 0.6) is 0 Å². The number of nitrogens with two attached hydrogens (primary N) is 1. The number of benzene rings is 1. The molecular weight excluding hydrogens is 196 g/mol. The number of anilines is 1. The maximum absolute atomic E-state index is 6.04. The maximum Gasteiger partial charge on any atom is 0.0417 e. The Morgan fingerprint density at radius 1 is 1.44 bits per heavy atom. The smallest absolute Gasteiger partial charge is 0.0417 e. The van der Waals surface area contributed by atoms with Crippen molar-refractivity contribution in [1.29, 1.82) is 0 Å². The topological polar surface area (TPSA) is 29.3 Å². The van der Waals surface area contributed by atoms with Gasteiger partial charge in [0, 0.05) is 24.3 Å². The first-order chi connectivity index (χ1) is 7.74. The summed E-state index contributed by atoms with van der Waals surface area (Å²) in [6, 6.07) is 9.40. The van der Waals surface area contributed by atoms with Gasteiger partial charge in [0.05, 0.1) is 0 Å². The first-order valence-corrected chi connectivity index (χ1v) is 6.35. The van der Waals surface area contributed by atoms with Crippen molar-refractivity contribution in [2.75, 3.05) is 11.4 Å². The van der Waals surface area contributed by atoms with Gasteiger partial charge >= 0.3 is 0 Å². The predicted octanol–water partition coefficient (Wildman–Crippen LogP) is 3.09. The van der Waals surface area contributed by atoms with Crippen molar-refractivity contribution in [2.24, 2.45) is 5.73 Å². The van der Waals surface area contributed by atoms with E-state index in [-0.39, 0.29) is 6.04 Å². The Labute approximate surface area is 98.4 Å². The van der Waals surface area contributed by atoms with Crippen molar-refractivity contribution < 1.29 is 0 Å². The van der Waals surface area contributed by atoms with Crippen molar-refractivity contribution in [1.82, 2.24) is 0 Å². The summed E-state index contributed by atoms with van der Waals surface area (Å²) in [4.78, 5) is 2.54. The molecule has 0 bridgehead atoms. The van der Waals surface area contributed by atoms with Gasteiger partial charge in [-0.05, 0) is 37.8 Å². The Balaban J connectivity index is 2.32. The van der Waals surface area contributed by atoms with E-state index in [0.29, 0.717) is 6.04 Å². The largest absolute Gasteiger partial charge is 0.368 e. The van der Waals surface area contributed by atoms with Gasteiger partial charge in [0.15, 0.2) is 0 Å². The molecule has 1 aliphatic heterocycles. The molecule has 2 heteroatoms. The molecule has 88 valence electrons. The van der Waals surface area contributed by atoms with E-state index in [1.54, 1.807) is 0 Å². The zero-order valence-electron chi connectivity index (χ0n) is 10.3. The van der Waals surface area contributed by atoms with E-state index in [4.69, 9.17) is 5.73 Å². The highest BCUT2D eigenvalue weighted by molar-refractivity contribution is 5.56. The molecule has 1 saturated heterocycles. The van der Waals surface area contributed by atoms with Crippen LogP contribution in [-0.2, 0) is 0 Å². The lowest BCUT2D eigenvalue weighted by Gasteiger charge is -2.29. The highest BCUT2D eigenvalue weighted by atomic mass is 15.2.